The van der Waals surface area contributed by atoms with Gasteiger partial charge in [0.1, 0.15) is 11.4 Å². The van der Waals surface area contributed by atoms with Crippen LogP contribution in [0.1, 0.15) is 13.8 Å². The Morgan fingerprint density at radius 2 is 1.96 bits per heavy atom. The molecule has 0 fully saturated rings. The van der Waals surface area contributed by atoms with Gasteiger partial charge in [-0.25, -0.2) is 0 Å². The van der Waals surface area contributed by atoms with Crippen LogP contribution in [0.5, 0.6) is 5.75 Å². The predicted molar refractivity (Wildman–Crippen MR) is 113 cm³/mol. The fourth-order valence-corrected chi connectivity index (χ4v) is 4.51. The molecular weight excluding hydrogens is 412 g/mol. The number of nitrogen functional groups attached to an aromatic ring is 1. The molecule has 4 rings (SSSR count). The number of fused-ring (bicyclic) bond motifs is 2. The van der Waals surface area contributed by atoms with Gasteiger partial charge in [0.25, 0.3) is 0 Å². The summed E-state index contributed by atoms with van der Waals surface area (Å²) >= 11 is 1.66. The molecule has 0 radical (unpaired) electrons. The van der Waals surface area contributed by atoms with Crippen molar-refractivity contribution in [3.05, 3.63) is 30.3 Å². The van der Waals surface area contributed by atoms with E-state index in [0.717, 1.165) is 63.8 Å². The maximum absolute atomic E-state index is 9.92. The van der Waals surface area contributed by atoms with Gasteiger partial charge in [0.05, 0.1) is 12.1 Å². The van der Waals surface area contributed by atoms with Crippen LogP contribution in [0, 0.1) is 0 Å². The summed E-state index contributed by atoms with van der Waals surface area (Å²) in [6.07, 6.45) is 0. The fraction of sp³-hybridized carbons (Fsp3) is 0.316. The average molecular weight is 435 g/mol. The molecule has 5 nitrogen and oxygen atoms in total. The molecule has 0 saturated carbocycles. The minimum atomic E-state index is 0. The third kappa shape index (κ3) is 3.08. The third-order valence-electron chi connectivity index (χ3n) is 4.85. The van der Waals surface area contributed by atoms with E-state index >= 15 is 0 Å². The van der Waals surface area contributed by atoms with Gasteiger partial charge in [-0.15, -0.1) is 17.0 Å². The Morgan fingerprint density at radius 3 is 2.69 bits per heavy atom. The summed E-state index contributed by atoms with van der Waals surface area (Å²) in [7, 11) is 0. The highest BCUT2D eigenvalue weighted by Crippen LogP contribution is 2.50. The van der Waals surface area contributed by atoms with Crippen molar-refractivity contribution in [2.75, 3.05) is 25.4 Å². The second kappa shape index (κ2) is 7.50. The number of rotatable bonds is 5. The zero-order valence-electron chi connectivity index (χ0n) is 14.9. The normalized spacial score (nSPS) is 12.3. The fourth-order valence-electron chi connectivity index (χ4n) is 3.40. The quantitative estimate of drug-likeness (QED) is 0.456. The van der Waals surface area contributed by atoms with E-state index in [1.54, 1.807) is 23.9 Å². The van der Waals surface area contributed by atoms with Crippen LogP contribution in [0.2, 0.25) is 0 Å². The van der Waals surface area contributed by atoms with Gasteiger partial charge in [0, 0.05) is 33.0 Å². The van der Waals surface area contributed by atoms with E-state index in [1.165, 1.54) is 0 Å². The van der Waals surface area contributed by atoms with Crippen molar-refractivity contribution in [3.8, 4) is 17.0 Å². The maximum Gasteiger partial charge on any atom is 0.116 e. The van der Waals surface area contributed by atoms with Crippen LogP contribution in [-0.4, -0.2) is 39.4 Å². The number of hydrogen-bond donors (Lipinski definition) is 2. The van der Waals surface area contributed by atoms with Crippen LogP contribution in [0.15, 0.2) is 40.1 Å². The van der Waals surface area contributed by atoms with Crippen LogP contribution in [0.4, 0.5) is 5.69 Å². The molecule has 1 aromatic heterocycles. The number of halogens is 1. The first-order chi connectivity index (χ1) is 12.1. The van der Waals surface area contributed by atoms with E-state index in [0.29, 0.717) is 0 Å². The summed E-state index contributed by atoms with van der Waals surface area (Å²) in [4.78, 5) is 4.54. The first kappa shape index (κ1) is 19.1. The highest BCUT2D eigenvalue weighted by molar-refractivity contribution is 8.93. The van der Waals surface area contributed by atoms with Crippen LogP contribution in [0.3, 0.4) is 0 Å². The molecule has 26 heavy (non-hydrogen) atoms. The van der Waals surface area contributed by atoms with Crippen LogP contribution >= 0.6 is 28.7 Å². The molecule has 7 heteroatoms. The molecule has 0 saturated heterocycles. The Bertz CT molecular complexity index is 952. The zero-order valence-corrected chi connectivity index (χ0v) is 17.4. The first-order valence-corrected chi connectivity index (χ1v) is 9.46. The molecule has 2 heterocycles. The van der Waals surface area contributed by atoms with Gasteiger partial charge in [-0.1, -0.05) is 25.6 Å². The first-order valence-electron chi connectivity index (χ1n) is 8.65. The number of nitrogens with two attached hydrogens (primary N) is 1. The largest absolute Gasteiger partial charge is 0.508 e. The minimum absolute atomic E-state index is 0. The van der Waals surface area contributed by atoms with Crippen molar-refractivity contribution in [1.82, 2.24) is 14.7 Å². The van der Waals surface area contributed by atoms with E-state index in [9.17, 15) is 5.11 Å². The summed E-state index contributed by atoms with van der Waals surface area (Å²) < 4.78 is 2.08. The monoisotopic (exact) mass is 434 g/mol. The van der Waals surface area contributed by atoms with Gasteiger partial charge in [-0.2, -0.15) is 5.10 Å². The number of phenolic OH excluding ortho intramolecular Hbond substituents is 1. The molecule has 0 spiro atoms. The van der Waals surface area contributed by atoms with Gasteiger partial charge < -0.3 is 15.7 Å². The number of benzene rings is 2. The third-order valence-corrected chi connectivity index (χ3v) is 6.07. The summed E-state index contributed by atoms with van der Waals surface area (Å²) in [5, 5.41) is 15.9. The van der Waals surface area contributed by atoms with Gasteiger partial charge in [-0.3, -0.25) is 4.68 Å². The standard InChI is InChI=1S/C19H22N4OS.BrH/c1-3-22(4-2)9-10-23-15-7-6-14(20)19-17(15)18(21-23)13-11-12(24)5-8-16(13)25-19;/h5-8,11,24H,3-4,9-10,20H2,1-2H3;1H. The molecule has 1 aliphatic heterocycles. The molecule has 0 atom stereocenters. The van der Waals surface area contributed by atoms with Crippen LogP contribution < -0.4 is 5.73 Å². The number of aromatic hydroxyl groups is 1. The van der Waals surface area contributed by atoms with Crippen molar-refractivity contribution >= 4 is 45.3 Å². The van der Waals surface area contributed by atoms with Crippen LogP contribution in [0.25, 0.3) is 22.2 Å². The number of aromatic nitrogens is 2. The van der Waals surface area contributed by atoms with Crippen molar-refractivity contribution in [2.24, 2.45) is 0 Å². The van der Waals surface area contributed by atoms with Gasteiger partial charge in [-0.05, 0) is 43.4 Å². The van der Waals surface area contributed by atoms with Crippen molar-refractivity contribution < 1.29 is 5.11 Å². The van der Waals surface area contributed by atoms with Crippen molar-refractivity contribution in [1.29, 1.82) is 0 Å². The molecule has 3 aromatic rings. The Kier molecular flexibility index (Phi) is 5.50. The minimum Gasteiger partial charge on any atom is -0.508 e. The van der Waals surface area contributed by atoms with Crippen LogP contribution in [-0.2, 0) is 6.54 Å². The number of likely N-dealkylation sites (N-methyl/N-ethyl adjacent to an activating group) is 1. The second-order valence-electron chi connectivity index (χ2n) is 6.26. The topological polar surface area (TPSA) is 67.3 Å². The maximum atomic E-state index is 9.92. The second-order valence-corrected chi connectivity index (χ2v) is 7.31. The van der Waals surface area contributed by atoms with E-state index in [4.69, 9.17) is 10.8 Å². The molecule has 0 amide bonds. The lowest BCUT2D eigenvalue weighted by atomic mass is 10.1. The Hall–Kier alpha value is -1.70. The molecule has 3 N–H and O–H groups in total. The van der Waals surface area contributed by atoms with Gasteiger partial charge in [0.15, 0.2) is 0 Å². The van der Waals surface area contributed by atoms with E-state index in [2.05, 4.69) is 29.5 Å². The van der Waals surface area contributed by atoms with E-state index < -0.39 is 0 Å². The number of hydrogen-bond acceptors (Lipinski definition) is 5. The number of phenols is 1. The summed E-state index contributed by atoms with van der Waals surface area (Å²) in [5.41, 5.74) is 10.0. The highest BCUT2D eigenvalue weighted by atomic mass is 79.9. The lowest BCUT2D eigenvalue weighted by Gasteiger charge is -2.18. The number of nitrogens with zero attached hydrogens (tertiary/aromatic N) is 3. The molecule has 0 aliphatic carbocycles. The summed E-state index contributed by atoms with van der Waals surface area (Å²) in [5.74, 6) is 0.262. The van der Waals surface area contributed by atoms with E-state index in [-0.39, 0.29) is 22.7 Å². The summed E-state index contributed by atoms with van der Waals surface area (Å²) in [6, 6.07) is 9.47. The van der Waals surface area contributed by atoms with Crippen molar-refractivity contribution in [2.45, 2.75) is 30.2 Å². The highest BCUT2D eigenvalue weighted by Gasteiger charge is 2.25. The zero-order chi connectivity index (χ0) is 17.6. The van der Waals surface area contributed by atoms with E-state index in [1.807, 2.05) is 12.1 Å². The average Bonchev–Trinajstić information content (AvgIpc) is 2.99. The van der Waals surface area contributed by atoms with Gasteiger partial charge >= 0.3 is 0 Å². The Balaban J connectivity index is 0.00000196. The molecule has 138 valence electrons. The predicted octanol–water partition coefficient (Wildman–Crippen LogP) is 4.38. The lowest BCUT2D eigenvalue weighted by molar-refractivity contribution is 0.287. The molecule has 2 aromatic carbocycles. The van der Waals surface area contributed by atoms with Crippen molar-refractivity contribution in [3.63, 3.8) is 0 Å². The SMILES string of the molecule is Br.CCN(CC)CCn1nc2c3c(c(N)ccc31)Sc1ccc(O)cc1-2. The summed E-state index contributed by atoms with van der Waals surface area (Å²) in [6.45, 7) is 8.22. The molecule has 1 aliphatic rings. The molecular formula is C19H23BrN4OS. The molecule has 0 unspecified atom stereocenters. The number of anilines is 1. The van der Waals surface area contributed by atoms with Gasteiger partial charge in [0.2, 0.25) is 0 Å². The Labute approximate surface area is 167 Å². The molecule has 0 bridgehead atoms. The lowest BCUT2D eigenvalue weighted by Crippen LogP contribution is -2.27. The smallest absolute Gasteiger partial charge is 0.116 e. The Morgan fingerprint density at radius 1 is 1.19 bits per heavy atom.